The number of rotatable bonds is 2. The quantitative estimate of drug-likeness (QED) is 0.663. The van der Waals surface area contributed by atoms with E-state index < -0.39 is 36.2 Å². The van der Waals surface area contributed by atoms with Crippen LogP contribution in [0.2, 0.25) is 0 Å². The summed E-state index contributed by atoms with van der Waals surface area (Å²) in [6.07, 6.45) is -11.6. The van der Waals surface area contributed by atoms with Gasteiger partial charge in [-0.05, 0) is 24.3 Å². The van der Waals surface area contributed by atoms with Crippen LogP contribution in [0.4, 0.5) is 26.7 Å². The van der Waals surface area contributed by atoms with Crippen molar-refractivity contribution >= 4 is 12.2 Å². The summed E-state index contributed by atoms with van der Waals surface area (Å²) in [6.45, 7) is 0. The molecule has 1 atom stereocenters. The summed E-state index contributed by atoms with van der Waals surface area (Å²) in [5.74, 6) is -1.33. The Kier molecular flexibility index (Phi) is 3.75. The lowest BCUT2D eigenvalue weighted by Crippen LogP contribution is -2.39. The van der Waals surface area contributed by atoms with Crippen LogP contribution in [0.25, 0.3) is 6.08 Å². The molecule has 9 heteroatoms. The normalized spacial score (nSPS) is 17.8. The van der Waals surface area contributed by atoms with E-state index in [1.54, 1.807) is 0 Å². The van der Waals surface area contributed by atoms with Gasteiger partial charge in [-0.3, -0.25) is 0 Å². The van der Waals surface area contributed by atoms with Gasteiger partial charge in [0.15, 0.2) is 5.76 Å². The zero-order valence-corrected chi connectivity index (χ0v) is 10.0. The van der Waals surface area contributed by atoms with E-state index in [0.29, 0.717) is 0 Å². The largest absolute Gasteiger partial charge is 0.511 e. The van der Waals surface area contributed by atoms with Gasteiger partial charge in [0.1, 0.15) is 5.75 Å². The van der Waals surface area contributed by atoms with E-state index in [2.05, 4.69) is 9.47 Å². The van der Waals surface area contributed by atoms with Gasteiger partial charge in [-0.1, -0.05) is 0 Å². The number of halogens is 5. The van der Waals surface area contributed by atoms with Gasteiger partial charge in [-0.25, -0.2) is 13.6 Å². The predicted molar refractivity (Wildman–Crippen MR) is 59.0 cm³/mol. The van der Waals surface area contributed by atoms with Crippen molar-refractivity contribution in [2.24, 2.45) is 0 Å². The lowest BCUT2D eigenvalue weighted by Gasteiger charge is -2.27. The van der Waals surface area contributed by atoms with E-state index in [4.69, 9.17) is 5.11 Å². The van der Waals surface area contributed by atoms with E-state index in [-0.39, 0.29) is 11.3 Å². The summed E-state index contributed by atoms with van der Waals surface area (Å²) in [5, 5.41) is 8.43. The molecule has 1 aromatic rings. The van der Waals surface area contributed by atoms with E-state index in [0.717, 1.165) is 24.3 Å². The molecule has 1 unspecified atom stereocenters. The van der Waals surface area contributed by atoms with Crippen LogP contribution >= 0.6 is 0 Å². The fourth-order valence-electron chi connectivity index (χ4n) is 1.75. The minimum absolute atomic E-state index is 0.121. The number of alkyl halides is 5. The number of hydrogen-bond acceptors (Lipinski definition) is 3. The minimum Gasteiger partial charge on any atom is -0.472 e. The van der Waals surface area contributed by atoms with Gasteiger partial charge >= 0.3 is 12.3 Å². The average molecular weight is 310 g/mol. The fourth-order valence-corrected chi connectivity index (χ4v) is 1.75. The number of hydrogen-bond donors (Lipinski definition) is 1. The second-order valence-corrected chi connectivity index (χ2v) is 4.05. The lowest BCUT2D eigenvalue weighted by molar-refractivity contribution is -0.191. The molecule has 1 N–H and O–H groups in total. The highest BCUT2D eigenvalue weighted by Crippen LogP contribution is 2.38. The van der Waals surface area contributed by atoms with Crippen molar-refractivity contribution in [3.63, 3.8) is 0 Å². The van der Waals surface area contributed by atoms with Crippen LogP contribution in [0.15, 0.2) is 24.0 Å². The van der Waals surface area contributed by atoms with Gasteiger partial charge in [0.05, 0.1) is 0 Å². The van der Waals surface area contributed by atoms with E-state index in [9.17, 15) is 26.7 Å². The molecule has 0 spiro atoms. The molecule has 0 saturated carbocycles. The van der Waals surface area contributed by atoms with Gasteiger partial charge in [-0.2, -0.15) is 13.2 Å². The van der Waals surface area contributed by atoms with Crippen LogP contribution in [0, 0.1) is 0 Å². The zero-order valence-electron chi connectivity index (χ0n) is 10.0. The van der Waals surface area contributed by atoms with Crippen LogP contribution < -0.4 is 4.74 Å². The first kappa shape index (κ1) is 15.1. The molecule has 114 valence electrons. The van der Waals surface area contributed by atoms with Gasteiger partial charge < -0.3 is 14.6 Å². The smallest absolute Gasteiger partial charge is 0.472 e. The van der Waals surface area contributed by atoms with Crippen molar-refractivity contribution in [3.8, 4) is 5.75 Å². The second kappa shape index (κ2) is 5.23. The van der Waals surface area contributed by atoms with Crippen molar-refractivity contribution in [1.82, 2.24) is 0 Å². The van der Waals surface area contributed by atoms with Crippen molar-refractivity contribution in [3.05, 3.63) is 35.1 Å². The lowest BCUT2D eigenvalue weighted by atomic mass is 10.0. The van der Waals surface area contributed by atoms with Crippen LogP contribution in [-0.2, 0) is 4.74 Å². The molecule has 1 aliphatic rings. The molecule has 0 bridgehead atoms. The number of benzene rings is 1. The van der Waals surface area contributed by atoms with E-state index in [1.165, 1.54) is 0 Å². The number of carbonyl (C=O) groups is 1. The molecule has 21 heavy (non-hydrogen) atoms. The maximum Gasteiger partial charge on any atom is 0.511 e. The average Bonchev–Trinajstić information content (AvgIpc) is 2.35. The van der Waals surface area contributed by atoms with Gasteiger partial charge in [-0.15, -0.1) is 0 Å². The van der Waals surface area contributed by atoms with Crippen LogP contribution in [0.3, 0.4) is 0 Å². The Morgan fingerprint density at radius 1 is 1.33 bits per heavy atom. The molecule has 2 rings (SSSR count). The molecule has 0 aliphatic carbocycles. The molecule has 1 aliphatic heterocycles. The predicted octanol–water partition coefficient (Wildman–Crippen LogP) is 3.98. The van der Waals surface area contributed by atoms with Crippen molar-refractivity contribution < 1.29 is 41.3 Å². The third-order valence-electron chi connectivity index (χ3n) is 2.59. The van der Waals surface area contributed by atoms with Gasteiger partial charge in [0.25, 0.3) is 12.5 Å². The van der Waals surface area contributed by atoms with Crippen LogP contribution in [0.1, 0.15) is 17.6 Å². The summed E-state index contributed by atoms with van der Waals surface area (Å²) in [6, 6.07) is 2.79. The highest BCUT2D eigenvalue weighted by Gasteiger charge is 2.48. The second-order valence-electron chi connectivity index (χ2n) is 4.05. The van der Waals surface area contributed by atoms with Crippen molar-refractivity contribution in [2.45, 2.75) is 18.7 Å². The Morgan fingerprint density at radius 2 is 2.00 bits per heavy atom. The molecule has 4 nitrogen and oxygen atoms in total. The standard InChI is InChI=1S/C12H7F5O4/c13-10(14)5-1-2-7-6(3-5)4-8(21-11(18)19)9(20-7)12(15,16)17/h1-4,9-10H,(H,18,19). The molecule has 1 aromatic carbocycles. The first-order valence-corrected chi connectivity index (χ1v) is 5.46. The molecule has 0 fully saturated rings. The third kappa shape index (κ3) is 3.23. The summed E-state index contributed by atoms with van der Waals surface area (Å²) < 4.78 is 72.1. The van der Waals surface area contributed by atoms with Crippen LogP contribution in [0.5, 0.6) is 5.75 Å². The van der Waals surface area contributed by atoms with E-state index in [1.807, 2.05) is 0 Å². The monoisotopic (exact) mass is 310 g/mol. The van der Waals surface area contributed by atoms with Crippen molar-refractivity contribution in [1.29, 1.82) is 0 Å². The molecular formula is C12H7F5O4. The maximum atomic E-state index is 12.8. The summed E-state index contributed by atoms with van der Waals surface area (Å²) >= 11 is 0. The Hall–Kier alpha value is -2.32. The Labute approximate surface area is 114 Å². The molecular weight excluding hydrogens is 303 g/mol. The number of fused-ring (bicyclic) bond motifs is 1. The number of carboxylic acid groups (broad SMARTS) is 1. The summed E-state index contributed by atoms with van der Waals surface area (Å²) in [5.41, 5.74) is -0.557. The molecule has 0 saturated heterocycles. The topological polar surface area (TPSA) is 55.8 Å². The van der Waals surface area contributed by atoms with E-state index >= 15 is 0 Å². The molecule has 1 heterocycles. The highest BCUT2D eigenvalue weighted by atomic mass is 19.4. The SMILES string of the molecule is O=C(O)OC1=Cc2cc(C(F)F)ccc2OC1C(F)(F)F. The molecule has 0 amide bonds. The molecule has 0 radical (unpaired) electrons. The summed E-state index contributed by atoms with van der Waals surface area (Å²) in [4.78, 5) is 10.4. The van der Waals surface area contributed by atoms with Crippen LogP contribution in [-0.4, -0.2) is 23.5 Å². The highest BCUT2D eigenvalue weighted by molar-refractivity contribution is 5.67. The first-order chi connectivity index (χ1) is 9.68. The Morgan fingerprint density at radius 3 is 2.52 bits per heavy atom. The fraction of sp³-hybridized carbons (Fsp3) is 0.250. The maximum absolute atomic E-state index is 12.8. The van der Waals surface area contributed by atoms with Gasteiger partial charge in [0, 0.05) is 11.1 Å². The Balaban J connectivity index is 2.46. The van der Waals surface area contributed by atoms with Gasteiger partial charge in [0.2, 0.25) is 0 Å². The zero-order chi connectivity index (χ0) is 15.8. The number of ether oxygens (including phenoxy) is 2. The third-order valence-corrected chi connectivity index (χ3v) is 2.59. The first-order valence-electron chi connectivity index (χ1n) is 5.46. The Bertz CT molecular complexity index is 594. The molecule has 0 aromatic heterocycles. The van der Waals surface area contributed by atoms with Crippen molar-refractivity contribution in [2.75, 3.05) is 0 Å². The summed E-state index contributed by atoms with van der Waals surface area (Å²) in [7, 11) is 0. The minimum atomic E-state index is -4.92.